The van der Waals surface area contributed by atoms with Crippen LogP contribution in [0.4, 0.5) is 0 Å². The summed E-state index contributed by atoms with van der Waals surface area (Å²) in [4.78, 5) is 10.8. The zero-order valence-corrected chi connectivity index (χ0v) is 14.8. The summed E-state index contributed by atoms with van der Waals surface area (Å²) in [5.74, 6) is 0.0850. The van der Waals surface area contributed by atoms with Crippen molar-refractivity contribution in [1.29, 1.82) is 0 Å². The number of amides is 1. The van der Waals surface area contributed by atoms with Crippen molar-refractivity contribution in [2.24, 2.45) is 5.92 Å². The van der Waals surface area contributed by atoms with Gasteiger partial charge < -0.3 is 0 Å². The minimum Gasteiger partial charge on any atom is -0.285 e. The van der Waals surface area contributed by atoms with E-state index in [4.69, 9.17) is 0 Å². The molecule has 0 aliphatic carbocycles. The molecule has 126 valence electrons. The zero-order chi connectivity index (χ0) is 17.0. The van der Waals surface area contributed by atoms with Crippen molar-refractivity contribution in [3.05, 3.63) is 35.2 Å². The molecule has 7 heteroatoms. The molecule has 1 unspecified atom stereocenters. The van der Waals surface area contributed by atoms with Gasteiger partial charge in [0.05, 0.1) is 5.75 Å². The molecular formula is C16H21NO4S2. The van der Waals surface area contributed by atoms with E-state index in [-0.39, 0.29) is 29.6 Å². The van der Waals surface area contributed by atoms with E-state index >= 15 is 0 Å². The molecule has 0 saturated heterocycles. The van der Waals surface area contributed by atoms with Crippen molar-refractivity contribution in [3.8, 4) is 0 Å². The lowest BCUT2D eigenvalue weighted by molar-refractivity contribution is -0.153. The summed E-state index contributed by atoms with van der Waals surface area (Å²) in [6.45, 7) is 3.94. The quantitative estimate of drug-likeness (QED) is 0.447. The van der Waals surface area contributed by atoms with Crippen molar-refractivity contribution in [1.82, 2.24) is 5.06 Å². The van der Waals surface area contributed by atoms with Gasteiger partial charge in [-0.3, -0.25) is 10.0 Å². The van der Waals surface area contributed by atoms with Gasteiger partial charge >= 0.3 is 0 Å². The van der Waals surface area contributed by atoms with Gasteiger partial charge in [-0.2, -0.15) is 0 Å². The number of benzene rings is 1. The van der Waals surface area contributed by atoms with Gasteiger partial charge in [-0.05, 0) is 53.3 Å². The first-order chi connectivity index (χ1) is 10.8. The molecule has 0 saturated carbocycles. The number of hydrogen-bond donors (Lipinski definition) is 1. The third kappa shape index (κ3) is 4.53. The third-order valence-electron chi connectivity index (χ3n) is 3.69. The van der Waals surface area contributed by atoms with Crippen LogP contribution in [0.15, 0.2) is 29.6 Å². The van der Waals surface area contributed by atoms with Crippen LogP contribution in [-0.4, -0.2) is 30.5 Å². The Kier molecular flexibility index (Phi) is 5.78. The molecule has 0 spiro atoms. The standard InChI is InChI=1S/C16H21NO4S2/c1-12(2)3-6-16(17(19)11-18)23(20,21)10-13-4-5-15-14(9-13)7-8-22-15/h4-5,7-9,11-12,16,19H,3,6,10H2,1-2H3. The fourth-order valence-electron chi connectivity index (χ4n) is 2.45. The number of rotatable bonds is 8. The maximum absolute atomic E-state index is 12.6. The van der Waals surface area contributed by atoms with Crippen LogP contribution < -0.4 is 0 Å². The average molecular weight is 355 g/mol. The first kappa shape index (κ1) is 17.9. The van der Waals surface area contributed by atoms with Gasteiger partial charge in [0.15, 0.2) is 15.2 Å². The Morgan fingerprint density at radius 2 is 2.00 bits per heavy atom. The Morgan fingerprint density at radius 3 is 2.65 bits per heavy atom. The summed E-state index contributed by atoms with van der Waals surface area (Å²) in [7, 11) is -3.69. The highest BCUT2D eigenvalue weighted by Gasteiger charge is 2.30. The fraction of sp³-hybridized carbons (Fsp3) is 0.438. The van der Waals surface area contributed by atoms with Crippen LogP contribution in [0.25, 0.3) is 10.1 Å². The van der Waals surface area contributed by atoms with E-state index in [2.05, 4.69) is 0 Å². The lowest BCUT2D eigenvalue weighted by Gasteiger charge is -2.23. The summed E-state index contributed by atoms with van der Waals surface area (Å²) in [6, 6.07) is 7.45. The predicted molar refractivity (Wildman–Crippen MR) is 92.0 cm³/mol. The van der Waals surface area contributed by atoms with E-state index in [0.717, 1.165) is 10.1 Å². The molecule has 0 aliphatic rings. The molecule has 23 heavy (non-hydrogen) atoms. The molecule has 2 aromatic rings. The van der Waals surface area contributed by atoms with Crippen molar-refractivity contribution < 1.29 is 18.4 Å². The Morgan fingerprint density at radius 1 is 1.26 bits per heavy atom. The number of sulfone groups is 1. The molecule has 0 radical (unpaired) electrons. The van der Waals surface area contributed by atoms with Crippen LogP contribution in [0, 0.1) is 5.92 Å². The van der Waals surface area contributed by atoms with Gasteiger partial charge in [0.25, 0.3) is 0 Å². The minimum absolute atomic E-state index is 0.157. The third-order valence-corrected chi connectivity index (χ3v) is 6.61. The van der Waals surface area contributed by atoms with Gasteiger partial charge in [0.1, 0.15) is 0 Å². The summed E-state index contributed by atoms with van der Waals surface area (Å²) >= 11 is 1.60. The van der Waals surface area contributed by atoms with Crippen LogP contribution in [0.2, 0.25) is 0 Å². The van der Waals surface area contributed by atoms with E-state index in [0.29, 0.717) is 12.0 Å². The summed E-state index contributed by atoms with van der Waals surface area (Å²) in [5.41, 5.74) is 0.657. The molecule has 0 bridgehead atoms. The number of thiophene rings is 1. The second kappa shape index (κ2) is 7.42. The summed E-state index contributed by atoms with van der Waals surface area (Å²) in [5, 5.41) is 11.7. The van der Waals surface area contributed by atoms with Crippen LogP contribution >= 0.6 is 11.3 Å². The van der Waals surface area contributed by atoms with Crippen LogP contribution in [0.1, 0.15) is 32.3 Å². The van der Waals surface area contributed by atoms with E-state index in [1.54, 1.807) is 17.4 Å². The molecule has 1 N–H and O–H groups in total. The SMILES string of the molecule is CC(C)CCC(N(O)C=O)S(=O)(=O)Cc1ccc2sccc2c1. The topological polar surface area (TPSA) is 74.7 Å². The number of carbonyl (C=O) groups is 1. The van der Waals surface area contributed by atoms with Crippen molar-refractivity contribution in [2.45, 2.75) is 37.8 Å². The maximum Gasteiger partial charge on any atom is 0.234 e. The molecule has 1 aromatic carbocycles. The van der Waals surface area contributed by atoms with E-state index < -0.39 is 15.2 Å². The molecule has 1 aromatic heterocycles. The van der Waals surface area contributed by atoms with E-state index in [1.807, 2.05) is 37.4 Å². The molecule has 2 rings (SSSR count). The number of carbonyl (C=O) groups excluding carboxylic acids is 1. The molecule has 1 heterocycles. The second-order valence-electron chi connectivity index (χ2n) is 6.01. The first-order valence-corrected chi connectivity index (χ1v) is 10.0. The molecular weight excluding hydrogens is 334 g/mol. The van der Waals surface area contributed by atoms with Crippen molar-refractivity contribution in [3.63, 3.8) is 0 Å². The lowest BCUT2D eigenvalue weighted by Crippen LogP contribution is -2.39. The average Bonchev–Trinajstić information content (AvgIpc) is 2.93. The molecule has 0 aliphatic heterocycles. The fourth-order valence-corrected chi connectivity index (χ4v) is 4.94. The lowest BCUT2D eigenvalue weighted by atomic mass is 10.1. The first-order valence-electron chi connectivity index (χ1n) is 7.43. The Labute approximate surface area is 140 Å². The van der Waals surface area contributed by atoms with Crippen LogP contribution in [-0.2, 0) is 20.4 Å². The highest BCUT2D eigenvalue weighted by molar-refractivity contribution is 7.91. The highest BCUT2D eigenvalue weighted by atomic mass is 32.2. The summed E-state index contributed by atoms with van der Waals surface area (Å²) < 4.78 is 26.4. The predicted octanol–water partition coefficient (Wildman–Crippen LogP) is 3.43. The second-order valence-corrected chi connectivity index (χ2v) is 9.12. The molecule has 0 fully saturated rings. The zero-order valence-electron chi connectivity index (χ0n) is 13.2. The largest absolute Gasteiger partial charge is 0.285 e. The van der Waals surface area contributed by atoms with Gasteiger partial charge in [0.2, 0.25) is 6.41 Å². The van der Waals surface area contributed by atoms with Gasteiger partial charge in [0, 0.05) is 4.70 Å². The number of hydrogen-bond acceptors (Lipinski definition) is 5. The minimum atomic E-state index is -3.69. The number of fused-ring (bicyclic) bond motifs is 1. The van der Waals surface area contributed by atoms with E-state index in [9.17, 15) is 18.4 Å². The Bertz CT molecular complexity index is 767. The van der Waals surface area contributed by atoms with Gasteiger partial charge in [-0.15, -0.1) is 11.3 Å². The molecule has 1 atom stereocenters. The van der Waals surface area contributed by atoms with Gasteiger partial charge in [-0.25, -0.2) is 13.5 Å². The van der Waals surface area contributed by atoms with Crippen molar-refractivity contribution in [2.75, 3.05) is 0 Å². The number of nitrogens with zero attached hydrogens (tertiary/aromatic N) is 1. The normalized spacial score (nSPS) is 13.4. The highest BCUT2D eigenvalue weighted by Crippen LogP contribution is 2.25. The molecule has 5 nitrogen and oxygen atoms in total. The monoisotopic (exact) mass is 355 g/mol. The Hall–Kier alpha value is -1.44. The Balaban J connectivity index is 2.23. The summed E-state index contributed by atoms with van der Waals surface area (Å²) in [6.07, 6.45) is 0.985. The maximum atomic E-state index is 12.6. The van der Waals surface area contributed by atoms with Crippen LogP contribution in [0.5, 0.6) is 0 Å². The number of hydroxylamine groups is 2. The van der Waals surface area contributed by atoms with Crippen LogP contribution in [0.3, 0.4) is 0 Å². The van der Waals surface area contributed by atoms with Gasteiger partial charge in [-0.1, -0.05) is 19.9 Å². The smallest absolute Gasteiger partial charge is 0.234 e. The van der Waals surface area contributed by atoms with Crippen molar-refractivity contribution >= 4 is 37.7 Å². The van der Waals surface area contributed by atoms with E-state index in [1.165, 1.54) is 0 Å². The molecule has 1 amide bonds.